The largest absolute Gasteiger partial charge is 0.472 e. The summed E-state index contributed by atoms with van der Waals surface area (Å²) < 4.78 is 44.2. The number of morpholine rings is 1. The Kier molecular flexibility index (Phi) is 4.35. The van der Waals surface area contributed by atoms with Crippen LogP contribution in [0.2, 0.25) is 0 Å². The van der Waals surface area contributed by atoms with E-state index in [1.165, 1.54) is 12.3 Å². The van der Waals surface area contributed by atoms with Crippen LogP contribution in [-0.4, -0.2) is 30.8 Å². The SMILES string of the molecule is Cc1coc(C(Oc2c(F)cccc2F)C2CNCCO2)n1. The number of halogens is 2. The van der Waals surface area contributed by atoms with E-state index in [2.05, 4.69) is 10.3 Å². The van der Waals surface area contributed by atoms with Crippen LogP contribution in [0.5, 0.6) is 5.75 Å². The summed E-state index contributed by atoms with van der Waals surface area (Å²) in [5.41, 5.74) is 0.654. The first kappa shape index (κ1) is 14.9. The Morgan fingerprint density at radius 2 is 2.14 bits per heavy atom. The van der Waals surface area contributed by atoms with Gasteiger partial charge in [-0.2, -0.15) is 0 Å². The summed E-state index contributed by atoms with van der Waals surface area (Å²) in [5.74, 6) is -1.79. The number of hydrogen-bond donors (Lipinski definition) is 1. The maximum Gasteiger partial charge on any atom is 0.238 e. The molecule has 1 aromatic heterocycles. The van der Waals surface area contributed by atoms with Crippen LogP contribution in [0.1, 0.15) is 17.7 Å². The third-order valence-corrected chi connectivity index (χ3v) is 3.34. The molecule has 1 fully saturated rings. The molecule has 0 aliphatic carbocycles. The molecule has 1 aliphatic rings. The molecule has 3 rings (SSSR count). The third kappa shape index (κ3) is 3.10. The second-order valence-corrected chi connectivity index (χ2v) is 5.03. The fourth-order valence-electron chi connectivity index (χ4n) is 2.29. The van der Waals surface area contributed by atoms with Crippen LogP contribution in [0, 0.1) is 18.6 Å². The fourth-order valence-corrected chi connectivity index (χ4v) is 2.29. The number of para-hydroxylation sites is 1. The number of aryl methyl sites for hydroxylation is 1. The molecule has 1 N–H and O–H groups in total. The first-order valence-corrected chi connectivity index (χ1v) is 7.00. The molecule has 2 unspecified atom stereocenters. The normalized spacial score (nSPS) is 19.9. The average molecular weight is 310 g/mol. The van der Waals surface area contributed by atoms with E-state index in [1.807, 2.05) is 0 Å². The van der Waals surface area contributed by atoms with Crippen molar-refractivity contribution in [2.45, 2.75) is 19.1 Å². The van der Waals surface area contributed by atoms with Gasteiger partial charge in [-0.1, -0.05) is 6.07 Å². The Labute approximate surface area is 126 Å². The van der Waals surface area contributed by atoms with Crippen LogP contribution in [0.3, 0.4) is 0 Å². The van der Waals surface area contributed by atoms with Crippen molar-refractivity contribution in [3.05, 3.63) is 47.7 Å². The lowest BCUT2D eigenvalue weighted by Crippen LogP contribution is -2.43. The molecule has 2 heterocycles. The highest BCUT2D eigenvalue weighted by atomic mass is 19.1. The Hall–Kier alpha value is -1.99. The van der Waals surface area contributed by atoms with Gasteiger partial charge < -0.3 is 19.2 Å². The molecule has 1 saturated heterocycles. The predicted molar refractivity (Wildman–Crippen MR) is 73.6 cm³/mol. The second-order valence-electron chi connectivity index (χ2n) is 5.03. The van der Waals surface area contributed by atoms with E-state index in [4.69, 9.17) is 13.9 Å². The number of hydrogen-bond acceptors (Lipinski definition) is 5. The summed E-state index contributed by atoms with van der Waals surface area (Å²) >= 11 is 0. The van der Waals surface area contributed by atoms with Gasteiger partial charge in [-0.25, -0.2) is 13.8 Å². The molecule has 2 atom stereocenters. The molecule has 0 radical (unpaired) electrons. The number of rotatable bonds is 4. The number of nitrogens with zero attached hydrogens (tertiary/aromatic N) is 1. The van der Waals surface area contributed by atoms with Crippen LogP contribution in [-0.2, 0) is 4.74 Å². The number of ether oxygens (including phenoxy) is 2. The Bertz CT molecular complexity index is 621. The standard InChI is InChI=1S/C15H16F2N2O3/c1-9-8-21-15(19-9)14(12-7-18-5-6-20-12)22-13-10(16)3-2-4-11(13)17/h2-4,8,12,14,18H,5-7H2,1H3. The zero-order valence-corrected chi connectivity index (χ0v) is 12.0. The fraction of sp³-hybridized carbons (Fsp3) is 0.400. The first-order chi connectivity index (χ1) is 10.6. The van der Waals surface area contributed by atoms with E-state index in [0.29, 0.717) is 25.4 Å². The maximum absolute atomic E-state index is 13.8. The van der Waals surface area contributed by atoms with Gasteiger partial charge in [0.15, 0.2) is 17.4 Å². The van der Waals surface area contributed by atoms with Crippen molar-refractivity contribution in [1.29, 1.82) is 0 Å². The van der Waals surface area contributed by atoms with Crippen molar-refractivity contribution in [1.82, 2.24) is 10.3 Å². The molecule has 0 spiro atoms. The van der Waals surface area contributed by atoms with Crippen molar-refractivity contribution >= 4 is 0 Å². The molecular formula is C15H16F2N2O3. The van der Waals surface area contributed by atoms with Gasteiger partial charge in [0.2, 0.25) is 12.0 Å². The van der Waals surface area contributed by atoms with Crippen LogP contribution in [0.4, 0.5) is 8.78 Å². The van der Waals surface area contributed by atoms with Crippen LogP contribution < -0.4 is 10.1 Å². The zero-order chi connectivity index (χ0) is 15.5. The van der Waals surface area contributed by atoms with E-state index < -0.39 is 29.6 Å². The van der Waals surface area contributed by atoms with Gasteiger partial charge in [-0.05, 0) is 19.1 Å². The number of nitrogens with one attached hydrogen (secondary N) is 1. The first-order valence-electron chi connectivity index (χ1n) is 7.00. The van der Waals surface area contributed by atoms with E-state index in [0.717, 1.165) is 12.1 Å². The van der Waals surface area contributed by atoms with Gasteiger partial charge >= 0.3 is 0 Å². The van der Waals surface area contributed by atoms with Gasteiger partial charge in [0, 0.05) is 13.1 Å². The van der Waals surface area contributed by atoms with Gasteiger partial charge in [0.25, 0.3) is 0 Å². The molecule has 0 saturated carbocycles. The summed E-state index contributed by atoms with van der Waals surface area (Å²) in [4.78, 5) is 4.20. The van der Waals surface area contributed by atoms with E-state index in [9.17, 15) is 8.78 Å². The lowest BCUT2D eigenvalue weighted by Gasteiger charge is -2.29. The number of benzene rings is 1. The third-order valence-electron chi connectivity index (χ3n) is 3.34. The maximum atomic E-state index is 13.8. The summed E-state index contributed by atoms with van der Waals surface area (Å²) in [5, 5.41) is 3.14. The van der Waals surface area contributed by atoms with Gasteiger partial charge in [-0.15, -0.1) is 0 Å². The van der Waals surface area contributed by atoms with Crippen molar-refractivity contribution < 1.29 is 22.7 Å². The van der Waals surface area contributed by atoms with E-state index in [1.54, 1.807) is 6.92 Å². The van der Waals surface area contributed by atoms with Crippen molar-refractivity contribution in [3.8, 4) is 5.75 Å². The Morgan fingerprint density at radius 1 is 1.36 bits per heavy atom. The van der Waals surface area contributed by atoms with Crippen molar-refractivity contribution in [2.24, 2.45) is 0 Å². The monoisotopic (exact) mass is 310 g/mol. The molecule has 1 aliphatic heterocycles. The minimum absolute atomic E-state index is 0.230. The highest BCUT2D eigenvalue weighted by Crippen LogP contribution is 2.30. The summed E-state index contributed by atoms with van der Waals surface area (Å²) in [7, 11) is 0. The van der Waals surface area contributed by atoms with E-state index >= 15 is 0 Å². The lowest BCUT2D eigenvalue weighted by atomic mass is 10.1. The molecule has 1 aromatic carbocycles. The summed E-state index contributed by atoms with van der Waals surface area (Å²) in [6, 6.07) is 3.55. The van der Waals surface area contributed by atoms with E-state index in [-0.39, 0.29) is 5.89 Å². The molecule has 0 amide bonds. The lowest BCUT2D eigenvalue weighted by molar-refractivity contribution is -0.0541. The summed E-state index contributed by atoms with van der Waals surface area (Å²) in [6.45, 7) is 3.42. The molecule has 5 nitrogen and oxygen atoms in total. The van der Waals surface area contributed by atoms with Crippen molar-refractivity contribution in [2.75, 3.05) is 19.7 Å². The highest BCUT2D eigenvalue weighted by Gasteiger charge is 2.33. The molecule has 22 heavy (non-hydrogen) atoms. The Balaban J connectivity index is 1.91. The Morgan fingerprint density at radius 3 is 2.73 bits per heavy atom. The molecular weight excluding hydrogens is 294 g/mol. The van der Waals surface area contributed by atoms with Crippen LogP contribution >= 0.6 is 0 Å². The molecule has 7 heteroatoms. The number of oxazole rings is 1. The van der Waals surface area contributed by atoms with Gasteiger partial charge in [0.05, 0.1) is 12.3 Å². The zero-order valence-electron chi connectivity index (χ0n) is 12.0. The van der Waals surface area contributed by atoms with Crippen LogP contribution in [0.15, 0.2) is 28.9 Å². The smallest absolute Gasteiger partial charge is 0.238 e. The highest BCUT2D eigenvalue weighted by molar-refractivity contribution is 5.27. The molecule has 2 aromatic rings. The molecule has 118 valence electrons. The van der Waals surface area contributed by atoms with Gasteiger partial charge in [-0.3, -0.25) is 0 Å². The van der Waals surface area contributed by atoms with Gasteiger partial charge in [0.1, 0.15) is 12.4 Å². The minimum Gasteiger partial charge on any atom is -0.472 e. The predicted octanol–water partition coefficient (Wildman–Crippen LogP) is 2.37. The molecule has 0 bridgehead atoms. The van der Waals surface area contributed by atoms with Crippen LogP contribution in [0.25, 0.3) is 0 Å². The average Bonchev–Trinajstić information content (AvgIpc) is 2.94. The summed E-state index contributed by atoms with van der Waals surface area (Å²) in [6.07, 6.45) is 0.165. The quantitative estimate of drug-likeness (QED) is 0.939. The van der Waals surface area contributed by atoms with Crippen molar-refractivity contribution in [3.63, 3.8) is 0 Å². The minimum atomic E-state index is -0.840. The number of aromatic nitrogens is 1. The topological polar surface area (TPSA) is 56.5 Å². The second kappa shape index (κ2) is 6.41.